The molecule has 5 nitrogen and oxygen atoms in total. The molecule has 0 bridgehead atoms. The van der Waals surface area contributed by atoms with E-state index in [0.29, 0.717) is 5.78 Å². The largest absolute Gasteiger partial charge is 0.363 e. The fourth-order valence-corrected chi connectivity index (χ4v) is 3.35. The van der Waals surface area contributed by atoms with Crippen molar-refractivity contribution in [2.24, 2.45) is 5.92 Å². The lowest BCUT2D eigenvalue weighted by Crippen LogP contribution is -2.21. The molecule has 4 rings (SSSR count). The van der Waals surface area contributed by atoms with Gasteiger partial charge >= 0.3 is 0 Å². The highest BCUT2D eigenvalue weighted by atomic mass is 15.4. The highest BCUT2D eigenvalue weighted by molar-refractivity contribution is 5.47. The van der Waals surface area contributed by atoms with Gasteiger partial charge in [-0.05, 0) is 24.3 Å². The van der Waals surface area contributed by atoms with Crippen LogP contribution in [0.1, 0.15) is 49.9 Å². The molecule has 124 valence electrons. The van der Waals surface area contributed by atoms with Crippen LogP contribution in [0.5, 0.6) is 0 Å². The molecule has 2 aromatic heterocycles. The van der Waals surface area contributed by atoms with Crippen LogP contribution in [0.15, 0.2) is 42.7 Å². The summed E-state index contributed by atoms with van der Waals surface area (Å²) in [5, 5.41) is 8.05. The Morgan fingerprint density at radius 2 is 2.08 bits per heavy atom. The van der Waals surface area contributed by atoms with Crippen LogP contribution in [0.4, 0.5) is 5.82 Å². The number of rotatable bonds is 6. The van der Waals surface area contributed by atoms with Gasteiger partial charge in [0.1, 0.15) is 12.1 Å². The Morgan fingerprint density at radius 1 is 1.25 bits per heavy atom. The lowest BCUT2D eigenvalue weighted by Gasteiger charge is -2.31. The molecule has 1 fully saturated rings. The minimum Gasteiger partial charge on any atom is -0.363 e. The van der Waals surface area contributed by atoms with Crippen LogP contribution in [0.25, 0.3) is 5.78 Å². The molecule has 24 heavy (non-hydrogen) atoms. The Labute approximate surface area is 142 Å². The standard InChI is InChI=1S/C19H23N5/c1-2-16-12-18(24-19(22-16)20-13-21-24)23-17(11-14-7-6-8-14)15-9-4-3-5-10-15/h3-5,9-10,12-14,17,23H,2,6-8,11H2,1H3. The van der Waals surface area contributed by atoms with Crippen molar-refractivity contribution >= 4 is 11.6 Å². The quantitative estimate of drug-likeness (QED) is 0.745. The number of anilines is 1. The van der Waals surface area contributed by atoms with Gasteiger partial charge < -0.3 is 5.32 Å². The molecular weight excluding hydrogens is 298 g/mol. The lowest BCUT2D eigenvalue weighted by atomic mass is 9.79. The van der Waals surface area contributed by atoms with E-state index >= 15 is 0 Å². The average molecular weight is 321 g/mol. The molecule has 1 saturated carbocycles. The van der Waals surface area contributed by atoms with Crippen LogP contribution in [-0.2, 0) is 6.42 Å². The van der Waals surface area contributed by atoms with E-state index in [-0.39, 0.29) is 6.04 Å². The molecule has 1 aliphatic rings. The van der Waals surface area contributed by atoms with Crippen LogP contribution in [0, 0.1) is 5.92 Å². The van der Waals surface area contributed by atoms with E-state index in [1.165, 1.54) is 24.8 Å². The molecule has 1 unspecified atom stereocenters. The zero-order valence-corrected chi connectivity index (χ0v) is 14.0. The summed E-state index contributed by atoms with van der Waals surface area (Å²) in [4.78, 5) is 8.79. The van der Waals surface area contributed by atoms with Crippen LogP contribution >= 0.6 is 0 Å². The molecule has 5 heteroatoms. The van der Waals surface area contributed by atoms with Crippen LogP contribution in [-0.4, -0.2) is 19.6 Å². The van der Waals surface area contributed by atoms with Crippen LogP contribution in [0.3, 0.4) is 0 Å². The van der Waals surface area contributed by atoms with E-state index in [9.17, 15) is 0 Å². The molecule has 0 saturated heterocycles. The van der Waals surface area contributed by atoms with Crippen molar-refractivity contribution in [3.8, 4) is 0 Å². The zero-order valence-electron chi connectivity index (χ0n) is 14.0. The molecule has 0 spiro atoms. The zero-order chi connectivity index (χ0) is 16.4. The summed E-state index contributed by atoms with van der Waals surface area (Å²) in [5.74, 6) is 2.45. The Bertz CT molecular complexity index is 807. The third-order valence-corrected chi connectivity index (χ3v) is 4.98. The van der Waals surface area contributed by atoms with E-state index in [4.69, 9.17) is 0 Å². The van der Waals surface area contributed by atoms with Crippen LogP contribution in [0.2, 0.25) is 0 Å². The Morgan fingerprint density at radius 3 is 2.79 bits per heavy atom. The van der Waals surface area contributed by atoms with Crippen molar-refractivity contribution < 1.29 is 0 Å². The van der Waals surface area contributed by atoms with Gasteiger partial charge in [0.05, 0.1) is 6.04 Å². The molecule has 1 N–H and O–H groups in total. The Hall–Kier alpha value is -2.43. The fraction of sp³-hybridized carbons (Fsp3) is 0.421. The molecule has 1 aromatic carbocycles. The van der Waals surface area contributed by atoms with Gasteiger partial charge in [0.15, 0.2) is 0 Å². The summed E-state index contributed by atoms with van der Waals surface area (Å²) in [6.07, 6.45) is 7.67. The fourth-order valence-electron chi connectivity index (χ4n) is 3.35. The minimum absolute atomic E-state index is 0.288. The monoisotopic (exact) mass is 321 g/mol. The van der Waals surface area contributed by atoms with Gasteiger partial charge in [-0.3, -0.25) is 0 Å². The SMILES string of the molecule is CCc1cc(NC(CC2CCC2)c2ccccc2)n2ncnc2n1. The first-order chi connectivity index (χ1) is 11.8. The first-order valence-electron chi connectivity index (χ1n) is 8.84. The molecule has 1 aliphatic carbocycles. The summed E-state index contributed by atoms with van der Waals surface area (Å²) in [5.41, 5.74) is 2.36. The first-order valence-corrected chi connectivity index (χ1v) is 8.84. The van der Waals surface area contributed by atoms with E-state index in [1.807, 2.05) is 0 Å². The number of nitrogens with one attached hydrogen (secondary N) is 1. The van der Waals surface area contributed by atoms with Gasteiger partial charge in [-0.1, -0.05) is 56.5 Å². The Kier molecular flexibility index (Phi) is 4.15. The number of hydrogen-bond donors (Lipinski definition) is 1. The van der Waals surface area contributed by atoms with E-state index in [0.717, 1.165) is 30.3 Å². The summed E-state index contributed by atoms with van der Waals surface area (Å²) in [7, 11) is 0. The molecule has 3 aromatic rings. The van der Waals surface area contributed by atoms with Crippen molar-refractivity contribution in [3.63, 3.8) is 0 Å². The second-order valence-corrected chi connectivity index (χ2v) is 6.60. The second kappa shape index (κ2) is 6.59. The molecule has 0 radical (unpaired) electrons. The Balaban J connectivity index is 1.67. The van der Waals surface area contributed by atoms with Crippen molar-refractivity contribution in [1.29, 1.82) is 0 Å². The van der Waals surface area contributed by atoms with Crippen molar-refractivity contribution in [2.75, 3.05) is 5.32 Å². The summed E-state index contributed by atoms with van der Waals surface area (Å²) >= 11 is 0. The lowest BCUT2D eigenvalue weighted by molar-refractivity contribution is 0.282. The van der Waals surface area contributed by atoms with Gasteiger partial charge in [-0.15, -0.1) is 0 Å². The molecule has 0 amide bonds. The van der Waals surface area contributed by atoms with Gasteiger partial charge in [-0.25, -0.2) is 4.98 Å². The maximum Gasteiger partial charge on any atom is 0.254 e. The summed E-state index contributed by atoms with van der Waals surface area (Å²) in [6.45, 7) is 2.11. The van der Waals surface area contributed by atoms with Crippen molar-refractivity contribution in [3.05, 3.63) is 54.0 Å². The van der Waals surface area contributed by atoms with Crippen molar-refractivity contribution in [1.82, 2.24) is 19.6 Å². The third kappa shape index (κ3) is 2.98. The van der Waals surface area contributed by atoms with Gasteiger partial charge in [0.2, 0.25) is 0 Å². The second-order valence-electron chi connectivity index (χ2n) is 6.60. The molecular formula is C19H23N5. The first kappa shape index (κ1) is 15.1. The number of benzene rings is 1. The molecule has 0 aliphatic heterocycles. The topological polar surface area (TPSA) is 55.1 Å². The summed E-state index contributed by atoms with van der Waals surface area (Å²) < 4.78 is 1.80. The van der Waals surface area contributed by atoms with Crippen molar-refractivity contribution in [2.45, 2.75) is 45.1 Å². The summed E-state index contributed by atoms with van der Waals surface area (Å²) in [6, 6.07) is 13.1. The third-order valence-electron chi connectivity index (χ3n) is 4.98. The predicted octanol–water partition coefficient (Wildman–Crippen LogP) is 4.03. The number of aromatic nitrogens is 4. The maximum atomic E-state index is 4.53. The smallest absolute Gasteiger partial charge is 0.254 e. The molecule has 2 heterocycles. The number of fused-ring (bicyclic) bond motifs is 1. The number of aryl methyl sites for hydroxylation is 1. The van der Waals surface area contributed by atoms with Gasteiger partial charge in [-0.2, -0.15) is 14.6 Å². The molecule has 1 atom stereocenters. The predicted molar refractivity (Wildman–Crippen MR) is 94.9 cm³/mol. The average Bonchev–Trinajstić information content (AvgIpc) is 3.06. The minimum atomic E-state index is 0.288. The maximum absolute atomic E-state index is 4.53. The normalized spacial score (nSPS) is 16.0. The highest BCUT2D eigenvalue weighted by Crippen LogP contribution is 2.36. The highest BCUT2D eigenvalue weighted by Gasteiger charge is 2.24. The van der Waals surface area contributed by atoms with E-state index in [1.54, 1.807) is 10.8 Å². The number of hydrogen-bond acceptors (Lipinski definition) is 4. The van der Waals surface area contributed by atoms with E-state index < -0.39 is 0 Å². The van der Waals surface area contributed by atoms with Gasteiger partial charge in [0, 0.05) is 11.8 Å². The van der Waals surface area contributed by atoms with Crippen LogP contribution < -0.4 is 5.32 Å². The van der Waals surface area contributed by atoms with Gasteiger partial charge in [0.25, 0.3) is 5.78 Å². The number of nitrogens with zero attached hydrogens (tertiary/aromatic N) is 4. The van der Waals surface area contributed by atoms with E-state index in [2.05, 4.69) is 63.7 Å².